The Labute approximate surface area is 307 Å². The third-order valence-electron chi connectivity index (χ3n) is 8.80. The molecule has 2 N–H and O–H groups in total. The maximum Gasteiger partial charge on any atom is 0.0834 e. The van der Waals surface area contributed by atoms with E-state index in [4.69, 9.17) is 43.0 Å². The van der Waals surface area contributed by atoms with Crippen molar-refractivity contribution in [3.63, 3.8) is 0 Å². The lowest BCUT2D eigenvalue weighted by Gasteiger charge is -2.26. The highest BCUT2D eigenvalue weighted by atomic mass is 16.6. The average molecular weight is 723 g/mol. The van der Waals surface area contributed by atoms with E-state index in [1.807, 2.05) is 0 Å². The predicted molar refractivity (Wildman–Crippen MR) is 202 cm³/mol. The van der Waals surface area contributed by atoms with Crippen molar-refractivity contribution < 1.29 is 48.1 Å². The van der Waals surface area contributed by atoms with Crippen molar-refractivity contribution in [2.75, 3.05) is 112 Å². The summed E-state index contributed by atoms with van der Waals surface area (Å²) in [4.78, 5) is 0. The molecule has 0 aromatic heterocycles. The molecule has 10 nitrogen and oxygen atoms in total. The molecule has 0 aliphatic heterocycles. The summed E-state index contributed by atoms with van der Waals surface area (Å²) >= 11 is 0. The van der Waals surface area contributed by atoms with Crippen molar-refractivity contribution in [2.45, 2.75) is 142 Å². The third-order valence-corrected chi connectivity index (χ3v) is 8.80. The highest BCUT2D eigenvalue weighted by Crippen LogP contribution is 2.23. The number of unbranched alkanes of at least 4 members (excludes halogenated alkanes) is 14. The smallest absolute Gasteiger partial charge is 0.0834 e. The standard InChI is InChI=1S/C40H82O10/c1-3-5-7-9-11-12-13-14-16-18-23-43-24-19-21-39(20-17-15-10-8-6-4-2)40(38-42)50-37-36-49-35-34-48-33-32-47-31-30-46-29-28-45-27-26-44-25-22-41/h39-42H,3-38H2,1-2H3. The Morgan fingerprint density at radius 3 is 1.12 bits per heavy atom. The van der Waals surface area contributed by atoms with Crippen LogP contribution in [0.2, 0.25) is 0 Å². The fourth-order valence-electron chi connectivity index (χ4n) is 5.81. The maximum absolute atomic E-state index is 10.2. The zero-order chi connectivity index (χ0) is 36.3. The summed E-state index contributed by atoms with van der Waals surface area (Å²) in [6, 6.07) is 0. The molecule has 2 atom stereocenters. The van der Waals surface area contributed by atoms with Gasteiger partial charge in [0.2, 0.25) is 0 Å². The zero-order valence-corrected chi connectivity index (χ0v) is 32.8. The summed E-state index contributed by atoms with van der Waals surface area (Å²) in [7, 11) is 0. The molecule has 2 unspecified atom stereocenters. The van der Waals surface area contributed by atoms with Crippen LogP contribution in [0.15, 0.2) is 0 Å². The summed E-state index contributed by atoms with van der Waals surface area (Å²) < 4.78 is 44.9. The number of aliphatic hydroxyl groups excluding tert-OH is 2. The minimum atomic E-state index is -0.155. The molecule has 0 aromatic rings. The van der Waals surface area contributed by atoms with Gasteiger partial charge < -0.3 is 48.1 Å². The lowest BCUT2D eigenvalue weighted by atomic mass is 9.91. The van der Waals surface area contributed by atoms with Crippen LogP contribution < -0.4 is 0 Å². The van der Waals surface area contributed by atoms with Gasteiger partial charge in [-0.25, -0.2) is 0 Å². The van der Waals surface area contributed by atoms with Gasteiger partial charge in [-0.2, -0.15) is 0 Å². The number of aliphatic hydroxyl groups is 2. The van der Waals surface area contributed by atoms with Crippen LogP contribution in [-0.4, -0.2) is 129 Å². The van der Waals surface area contributed by atoms with Gasteiger partial charge in [0.25, 0.3) is 0 Å². The Kier molecular flexibility index (Phi) is 44.4. The first-order chi connectivity index (χ1) is 24.8. The number of rotatable bonds is 45. The van der Waals surface area contributed by atoms with E-state index in [-0.39, 0.29) is 19.3 Å². The van der Waals surface area contributed by atoms with E-state index in [1.54, 1.807) is 0 Å². The topological polar surface area (TPSA) is 114 Å². The van der Waals surface area contributed by atoms with Crippen molar-refractivity contribution in [1.82, 2.24) is 0 Å². The molecule has 0 amide bonds. The van der Waals surface area contributed by atoms with Gasteiger partial charge in [0.15, 0.2) is 0 Å². The van der Waals surface area contributed by atoms with Crippen molar-refractivity contribution in [3.8, 4) is 0 Å². The van der Waals surface area contributed by atoms with Gasteiger partial charge in [-0.05, 0) is 31.6 Å². The van der Waals surface area contributed by atoms with Crippen molar-refractivity contribution >= 4 is 0 Å². The van der Waals surface area contributed by atoms with E-state index in [1.165, 1.54) is 96.3 Å². The Morgan fingerprint density at radius 1 is 0.340 bits per heavy atom. The quantitative estimate of drug-likeness (QED) is 0.0612. The minimum Gasteiger partial charge on any atom is -0.394 e. The largest absolute Gasteiger partial charge is 0.394 e. The zero-order valence-electron chi connectivity index (χ0n) is 32.8. The molecular weight excluding hydrogens is 640 g/mol. The van der Waals surface area contributed by atoms with Crippen molar-refractivity contribution in [2.24, 2.45) is 5.92 Å². The first-order valence-corrected chi connectivity index (χ1v) is 20.7. The molecule has 0 aliphatic carbocycles. The molecule has 0 rings (SSSR count). The van der Waals surface area contributed by atoms with Crippen LogP contribution in [-0.2, 0) is 37.9 Å². The molecule has 302 valence electrons. The van der Waals surface area contributed by atoms with Crippen LogP contribution in [0.4, 0.5) is 0 Å². The van der Waals surface area contributed by atoms with Gasteiger partial charge >= 0.3 is 0 Å². The SMILES string of the molecule is CCCCCCCCCCCCOCCCC(CCCCCCCC)C(CO)OCCOCCOCCOCCOCCOCCOCCO. The maximum atomic E-state index is 10.2. The molecular formula is C40H82O10. The minimum absolute atomic E-state index is 0.0283. The van der Waals surface area contributed by atoms with Gasteiger partial charge in [0.05, 0.1) is 105 Å². The van der Waals surface area contributed by atoms with Gasteiger partial charge in [0.1, 0.15) is 0 Å². The Morgan fingerprint density at radius 2 is 0.680 bits per heavy atom. The lowest BCUT2D eigenvalue weighted by molar-refractivity contribution is -0.0582. The third kappa shape index (κ3) is 38.8. The molecule has 0 fully saturated rings. The number of hydrogen-bond acceptors (Lipinski definition) is 10. The molecule has 0 heterocycles. The molecule has 0 aromatic carbocycles. The van der Waals surface area contributed by atoms with Crippen LogP contribution >= 0.6 is 0 Å². The predicted octanol–water partition coefficient (Wildman–Crippen LogP) is 7.54. The Hall–Kier alpha value is -0.400. The summed E-state index contributed by atoms with van der Waals surface area (Å²) in [5, 5.41) is 18.8. The first-order valence-electron chi connectivity index (χ1n) is 20.7. The van der Waals surface area contributed by atoms with Crippen LogP contribution in [0.5, 0.6) is 0 Å². The highest BCUT2D eigenvalue weighted by Gasteiger charge is 2.21. The second kappa shape index (κ2) is 44.8. The first kappa shape index (κ1) is 49.6. The molecule has 10 heteroatoms. The molecule has 0 radical (unpaired) electrons. The van der Waals surface area contributed by atoms with Crippen LogP contribution in [0.25, 0.3) is 0 Å². The summed E-state index contributed by atoms with van der Waals surface area (Å²) in [6.07, 6.45) is 24.1. The van der Waals surface area contributed by atoms with Gasteiger partial charge in [0, 0.05) is 13.2 Å². The number of ether oxygens (including phenoxy) is 8. The van der Waals surface area contributed by atoms with Crippen molar-refractivity contribution in [3.05, 3.63) is 0 Å². The molecule has 0 aliphatic rings. The van der Waals surface area contributed by atoms with Crippen LogP contribution in [0, 0.1) is 5.92 Å². The molecule has 50 heavy (non-hydrogen) atoms. The summed E-state index contributed by atoms with van der Waals surface area (Å²) in [5.74, 6) is 0.345. The van der Waals surface area contributed by atoms with E-state index in [0.29, 0.717) is 91.8 Å². The van der Waals surface area contributed by atoms with Gasteiger partial charge in [-0.15, -0.1) is 0 Å². The monoisotopic (exact) mass is 723 g/mol. The van der Waals surface area contributed by atoms with Crippen LogP contribution in [0.3, 0.4) is 0 Å². The van der Waals surface area contributed by atoms with Crippen molar-refractivity contribution in [1.29, 1.82) is 0 Å². The lowest BCUT2D eigenvalue weighted by Crippen LogP contribution is -2.30. The second-order valence-corrected chi connectivity index (χ2v) is 13.2. The average Bonchev–Trinajstić information content (AvgIpc) is 3.13. The fourth-order valence-corrected chi connectivity index (χ4v) is 5.81. The van der Waals surface area contributed by atoms with E-state index < -0.39 is 0 Å². The second-order valence-electron chi connectivity index (χ2n) is 13.2. The number of hydrogen-bond donors (Lipinski definition) is 2. The van der Waals surface area contributed by atoms with Gasteiger partial charge in [-0.3, -0.25) is 0 Å². The molecule has 0 spiro atoms. The normalized spacial score (nSPS) is 13.0. The Balaban J connectivity index is 3.91. The molecule has 0 bridgehead atoms. The van der Waals surface area contributed by atoms with E-state index in [9.17, 15) is 5.11 Å². The summed E-state index contributed by atoms with van der Waals surface area (Å²) in [5.41, 5.74) is 0. The molecule has 0 saturated heterocycles. The van der Waals surface area contributed by atoms with E-state index >= 15 is 0 Å². The highest BCUT2D eigenvalue weighted by molar-refractivity contribution is 4.71. The Bertz CT molecular complexity index is 600. The van der Waals surface area contributed by atoms with Gasteiger partial charge in [-0.1, -0.05) is 110 Å². The van der Waals surface area contributed by atoms with E-state index in [0.717, 1.165) is 38.9 Å². The summed E-state index contributed by atoms with van der Waals surface area (Å²) in [6.45, 7) is 12.6. The fraction of sp³-hybridized carbons (Fsp3) is 1.00. The molecule has 0 saturated carbocycles. The van der Waals surface area contributed by atoms with E-state index in [2.05, 4.69) is 13.8 Å². The van der Waals surface area contributed by atoms with Crippen LogP contribution in [0.1, 0.15) is 136 Å².